The van der Waals surface area contributed by atoms with Gasteiger partial charge in [0.05, 0.1) is 0 Å². The Balaban J connectivity index is 1.72. The van der Waals surface area contributed by atoms with Crippen molar-refractivity contribution in [2.45, 2.75) is 19.9 Å². The van der Waals surface area contributed by atoms with Gasteiger partial charge in [0.25, 0.3) is 0 Å². The molecule has 4 nitrogen and oxygen atoms in total. The van der Waals surface area contributed by atoms with Crippen molar-refractivity contribution in [3.63, 3.8) is 0 Å². The van der Waals surface area contributed by atoms with Crippen LogP contribution in [0.3, 0.4) is 0 Å². The van der Waals surface area contributed by atoms with Crippen LogP contribution in [0.5, 0.6) is 0 Å². The zero-order chi connectivity index (χ0) is 19.1. The standard InChI is InChI=1S/C22H22BrN3O/c1-17-15-20(7-8-21(17)23)25-22(27)26(16-19-9-12-24-13-10-19)14-11-18-5-3-2-4-6-18/h2-10,12-13,15H,11,14,16H2,1H3,(H,25,27). The molecule has 1 aromatic heterocycles. The van der Waals surface area contributed by atoms with Crippen molar-refractivity contribution in [3.8, 4) is 0 Å². The van der Waals surface area contributed by atoms with Crippen LogP contribution in [0.2, 0.25) is 0 Å². The first kappa shape index (κ1) is 19.1. The third kappa shape index (κ3) is 5.66. The Morgan fingerprint density at radius 2 is 1.78 bits per heavy atom. The van der Waals surface area contributed by atoms with Gasteiger partial charge in [-0.2, -0.15) is 0 Å². The number of carbonyl (C=O) groups excluding carboxylic acids is 1. The van der Waals surface area contributed by atoms with E-state index in [1.807, 2.05) is 60.4 Å². The number of aromatic nitrogens is 1. The van der Waals surface area contributed by atoms with Gasteiger partial charge in [-0.05, 0) is 60.4 Å². The molecule has 5 heteroatoms. The number of pyridine rings is 1. The smallest absolute Gasteiger partial charge is 0.320 e. The maximum Gasteiger partial charge on any atom is 0.322 e. The number of urea groups is 1. The van der Waals surface area contributed by atoms with Gasteiger partial charge in [0, 0.05) is 35.6 Å². The van der Waals surface area contributed by atoms with Crippen molar-refractivity contribution < 1.29 is 4.79 Å². The molecule has 0 aliphatic carbocycles. The molecule has 0 fully saturated rings. The van der Waals surface area contributed by atoms with Crippen LogP contribution in [-0.4, -0.2) is 22.5 Å². The second kappa shape index (κ2) is 9.33. The number of hydrogen-bond acceptors (Lipinski definition) is 2. The number of benzene rings is 2. The van der Waals surface area contributed by atoms with E-state index in [-0.39, 0.29) is 6.03 Å². The molecule has 2 aromatic carbocycles. The molecule has 0 spiro atoms. The van der Waals surface area contributed by atoms with Crippen LogP contribution in [0.15, 0.2) is 77.5 Å². The molecule has 0 saturated carbocycles. The lowest BCUT2D eigenvalue weighted by atomic mass is 10.1. The molecule has 138 valence electrons. The number of anilines is 1. The van der Waals surface area contributed by atoms with E-state index in [2.05, 4.69) is 38.4 Å². The fourth-order valence-electron chi connectivity index (χ4n) is 2.79. The minimum absolute atomic E-state index is 0.107. The highest BCUT2D eigenvalue weighted by atomic mass is 79.9. The number of rotatable bonds is 6. The SMILES string of the molecule is Cc1cc(NC(=O)N(CCc2ccccc2)Cc2ccncc2)ccc1Br. The summed E-state index contributed by atoms with van der Waals surface area (Å²) in [5, 5.41) is 3.02. The van der Waals surface area contributed by atoms with Crippen molar-refractivity contribution >= 4 is 27.6 Å². The number of aryl methyl sites for hydroxylation is 1. The predicted octanol–water partition coefficient (Wildman–Crippen LogP) is 5.43. The number of hydrogen-bond donors (Lipinski definition) is 1. The zero-order valence-corrected chi connectivity index (χ0v) is 16.8. The summed E-state index contributed by atoms with van der Waals surface area (Å²) in [6.07, 6.45) is 4.31. The summed E-state index contributed by atoms with van der Waals surface area (Å²) < 4.78 is 1.03. The van der Waals surface area contributed by atoms with Gasteiger partial charge in [0.1, 0.15) is 0 Å². The second-order valence-electron chi connectivity index (χ2n) is 6.41. The Hall–Kier alpha value is -2.66. The average molecular weight is 424 g/mol. The molecular formula is C22H22BrN3O. The van der Waals surface area contributed by atoms with Crippen LogP contribution in [0, 0.1) is 6.92 Å². The molecular weight excluding hydrogens is 402 g/mol. The molecule has 0 bridgehead atoms. The fourth-order valence-corrected chi connectivity index (χ4v) is 3.04. The van der Waals surface area contributed by atoms with Crippen LogP contribution in [0.1, 0.15) is 16.7 Å². The van der Waals surface area contributed by atoms with E-state index in [1.165, 1.54) is 5.56 Å². The Bertz CT molecular complexity index is 885. The minimum atomic E-state index is -0.107. The van der Waals surface area contributed by atoms with Crippen molar-refractivity contribution in [1.82, 2.24) is 9.88 Å². The third-order valence-corrected chi connectivity index (χ3v) is 5.22. The van der Waals surface area contributed by atoms with Crippen LogP contribution in [0.25, 0.3) is 0 Å². The fraction of sp³-hybridized carbons (Fsp3) is 0.182. The first-order valence-electron chi connectivity index (χ1n) is 8.87. The predicted molar refractivity (Wildman–Crippen MR) is 113 cm³/mol. The van der Waals surface area contributed by atoms with E-state index in [1.54, 1.807) is 12.4 Å². The van der Waals surface area contributed by atoms with E-state index < -0.39 is 0 Å². The Labute approximate surface area is 168 Å². The Morgan fingerprint density at radius 3 is 2.48 bits per heavy atom. The Kier molecular flexibility index (Phi) is 6.60. The molecule has 0 unspecified atom stereocenters. The molecule has 3 aromatic rings. The van der Waals surface area contributed by atoms with E-state index in [0.29, 0.717) is 13.1 Å². The lowest BCUT2D eigenvalue weighted by Gasteiger charge is -2.23. The van der Waals surface area contributed by atoms with Gasteiger partial charge in [-0.3, -0.25) is 4.98 Å². The number of halogens is 1. The van der Waals surface area contributed by atoms with Gasteiger partial charge < -0.3 is 10.2 Å². The van der Waals surface area contributed by atoms with Crippen LogP contribution >= 0.6 is 15.9 Å². The lowest BCUT2D eigenvalue weighted by molar-refractivity contribution is 0.210. The molecule has 0 saturated heterocycles. The second-order valence-corrected chi connectivity index (χ2v) is 7.26. The summed E-state index contributed by atoms with van der Waals surface area (Å²) in [5.74, 6) is 0. The summed E-state index contributed by atoms with van der Waals surface area (Å²) in [6, 6.07) is 19.8. The lowest BCUT2D eigenvalue weighted by Crippen LogP contribution is -2.36. The number of nitrogens with zero attached hydrogens (tertiary/aromatic N) is 2. The monoisotopic (exact) mass is 423 g/mol. The maximum atomic E-state index is 12.9. The quantitative estimate of drug-likeness (QED) is 0.574. The average Bonchev–Trinajstić information content (AvgIpc) is 2.69. The zero-order valence-electron chi connectivity index (χ0n) is 15.2. The van der Waals surface area contributed by atoms with E-state index in [9.17, 15) is 4.79 Å². The van der Waals surface area contributed by atoms with E-state index in [4.69, 9.17) is 0 Å². The molecule has 1 heterocycles. The van der Waals surface area contributed by atoms with Gasteiger partial charge in [-0.1, -0.05) is 46.3 Å². The van der Waals surface area contributed by atoms with Crippen LogP contribution < -0.4 is 5.32 Å². The minimum Gasteiger partial charge on any atom is -0.320 e. The maximum absolute atomic E-state index is 12.9. The Morgan fingerprint density at radius 1 is 1.04 bits per heavy atom. The molecule has 3 rings (SSSR count). The molecule has 0 radical (unpaired) electrons. The first-order chi connectivity index (χ1) is 13.1. The molecule has 27 heavy (non-hydrogen) atoms. The summed E-state index contributed by atoms with van der Waals surface area (Å²) in [6.45, 7) is 3.17. The summed E-state index contributed by atoms with van der Waals surface area (Å²) in [4.78, 5) is 18.8. The topological polar surface area (TPSA) is 45.2 Å². The van der Waals surface area contributed by atoms with Gasteiger partial charge in [0.2, 0.25) is 0 Å². The number of carbonyl (C=O) groups is 1. The van der Waals surface area contributed by atoms with Crippen LogP contribution in [-0.2, 0) is 13.0 Å². The molecule has 0 aliphatic rings. The van der Waals surface area contributed by atoms with E-state index >= 15 is 0 Å². The largest absolute Gasteiger partial charge is 0.322 e. The number of amides is 2. The first-order valence-corrected chi connectivity index (χ1v) is 9.66. The highest BCUT2D eigenvalue weighted by molar-refractivity contribution is 9.10. The van der Waals surface area contributed by atoms with E-state index in [0.717, 1.165) is 27.7 Å². The van der Waals surface area contributed by atoms with Gasteiger partial charge in [-0.25, -0.2) is 4.79 Å². The van der Waals surface area contributed by atoms with Crippen molar-refractivity contribution in [3.05, 3.63) is 94.2 Å². The summed E-state index contributed by atoms with van der Waals surface area (Å²) >= 11 is 3.49. The number of nitrogens with one attached hydrogen (secondary N) is 1. The summed E-state index contributed by atoms with van der Waals surface area (Å²) in [7, 11) is 0. The van der Waals surface area contributed by atoms with Gasteiger partial charge in [0.15, 0.2) is 0 Å². The highest BCUT2D eigenvalue weighted by Crippen LogP contribution is 2.20. The summed E-state index contributed by atoms with van der Waals surface area (Å²) in [5.41, 5.74) is 4.14. The normalized spacial score (nSPS) is 10.4. The van der Waals surface area contributed by atoms with Crippen molar-refractivity contribution in [2.24, 2.45) is 0 Å². The molecule has 0 aliphatic heterocycles. The molecule has 2 amide bonds. The van der Waals surface area contributed by atoms with Gasteiger partial charge >= 0.3 is 6.03 Å². The third-order valence-electron chi connectivity index (χ3n) is 4.33. The molecule has 0 atom stereocenters. The van der Waals surface area contributed by atoms with Crippen molar-refractivity contribution in [1.29, 1.82) is 0 Å². The highest BCUT2D eigenvalue weighted by Gasteiger charge is 2.15. The van der Waals surface area contributed by atoms with Crippen molar-refractivity contribution in [2.75, 3.05) is 11.9 Å². The van der Waals surface area contributed by atoms with Gasteiger partial charge in [-0.15, -0.1) is 0 Å². The van der Waals surface area contributed by atoms with Crippen LogP contribution in [0.4, 0.5) is 10.5 Å². The molecule has 1 N–H and O–H groups in total.